The van der Waals surface area contributed by atoms with E-state index >= 15 is 0 Å². The van der Waals surface area contributed by atoms with E-state index in [9.17, 15) is 4.79 Å². The lowest BCUT2D eigenvalue weighted by Crippen LogP contribution is -2.39. The maximum Gasteiger partial charge on any atom is 0.254 e. The van der Waals surface area contributed by atoms with Gasteiger partial charge in [-0.2, -0.15) is 0 Å². The Morgan fingerprint density at radius 1 is 1.23 bits per heavy atom. The molecule has 1 N–H and O–H groups in total. The SMILES string of the molecule is CNCCC1CCN(C(=O)c2ccnc(N3CCC(C)C3)c2)CC1.Cl.Cl. The first kappa shape index (κ1) is 23.0. The van der Waals surface area contributed by atoms with Crippen LogP contribution in [0.25, 0.3) is 0 Å². The third-order valence-corrected chi connectivity index (χ3v) is 5.44. The van der Waals surface area contributed by atoms with Gasteiger partial charge in [0.1, 0.15) is 5.82 Å². The lowest BCUT2D eigenvalue weighted by atomic mass is 9.93. The van der Waals surface area contributed by atoms with Gasteiger partial charge in [0.05, 0.1) is 0 Å². The predicted molar refractivity (Wildman–Crippen MR) is 112 cm³/mol. The number of carbonyl (C=O) groups is 1. The largest absolute Gasteiger partial charge is 0.356 e. The minimum absolute atomic E-state index is 0. The molecule has 0 bridgehead atoms. The maximum absolute atomic E-state index is 12.8. The van der Waals surface area contributed by atoms with Gasteiger partial charge in [-0.05, 0) is 63.2 Å². The molecule has 1 aromatic rings. The zero-order valence-corrected chi connectivity index (χ0v) is 17.5. The van der Waals surface area contributed by atoms with E-state index in [4.69, 9.17) is 0 Å². The summed E-state index contributed by atoms with van der Waals surface area (Å²) in [7, 11) is 2.00. The monoisotopic (exact) mass is 402 g/mol. The number of anilines is 1. The first-order valence-corrected chi connectivity index (χ1v) is 9.32. The number of halogens is 2. The summed E-state index contributed by atoms with van der Waals surface area (Å²) in [6.45, 7) is 7.19. The molecule has 2 fully saturated rings. The second-order valence-electron chi connectivity index (χ2n) is 7.37. The van der Waals surface area contributed by atoms with E-state index in [0.717, 1.165) is 62.9 Å². The quantitative estimate of drug-likeness (QED) is 0.820. The van der Waals surface area contributed by atoms with Gasteiger partial charge in [-0.3, -0.25) is 4.79 Å². The Balaban J connectivity index is 0.00000169. The first-order chi connectivity index (χ1) is 11.7. The fourth-order valence-electron chi connectivity index (χ4n) is 3.82. The number of likely N-dealkylation sites (tertiary alicyclic amines) is 1. The highest BCUT2D eigenvalue weighted by Gasteiger charge is 2.25. The van der Waals surface area contributed by atoms with E-state index in [2.05, 4.69) is 22.1 Å². The molecule has 1 unspecified atom stereocenters. The van der Waals surface area contributed by atoms with Crippen molar-refractivity contribution in [2.75, 3.05) is 44.7 Å². The molecule has 148 valence electrons. The molecule has 0 spiro atoms. The summed E-state index contributed by atoms with van der Waals surface area (Å²) in [5, 5.41) is 3.22. The normalized spacial score (nSPS) is 20.5. The zero-order chi connectivity index (χ0) is 16.9. The van der Waals surface area contributed by atoms with Crippen LogP contribution < -0.4 is 10.2 Å². The molecule has 2 saturated heterocycles. The van der Waals surface area contributed by atoms with Crippen molar-refractivity contribution in [3.63, 3.8) is 0 Å². The molecular formula is C19H32Cl2N4O. The number of carbonyl (C=O) groups excluding carboxylic acids is 1. The summed E-state index contributed by atoms with van der Waals surface area (Å²) >= 11 is 0. The minimum Gasteiger partial charge on any atom is -0.356 e. The van der Waals surface area contributed by atoms with Crippen LogP contribution in [0.15, 0.2) is 18.3 Å². The Morgan fingerprint density at radius 2 is 1.96 bits per heavy atom. The summed E-state index contributed by atoms with van der Waals surface area (Å²) in [6, 6.07) is 3.84. The van der Waals surface area contributed by atoms with Crippen molar-refractivity contribution < 1.29 is 4.79 Å². The number of rotatable bonds is 5. The zero-order valence-electron chi connectivity index (χ0n) is 15.8. The Bertz CT molecular complexity index is 564. The average molecular weight is 403 g/mol. The first-order valence-electron chi connectivity index (χ1n) is 9.32. The molecule has 5 nitrogen and oxygen atoms in total. The van der Waals surface area contributed by atoms with E-state index in [0.29, 0.717) is 5.92 Å². The molecule has 3 rings (SSSR count). The number of piperidine rings is 1. The van der Waals surface area contributed by atoms with Gasteiger partial charge < -0.3 is 15.1 Å². The number of amides is 1. The topological polar surface area (TPSA) is 48.5 Å². The Labute approximate surface area is 169 Å². The summed E-state index contributed by atoms with van der Waals surface area (Å²) in [5.41, 5.74) is 0.785. The van der Waals surface area contributed by atoms with E-state index in [1.807, 2.05) is 24.1 Å². The Kier molecular flexibility index (Phi) is 9.69. The van der Waals surface area contributed by atoms with E-state index in [1.165, 1.54) is 12.8 Å². The summed E-state index contributed by atoms with van der Waals surface area (Å²) in [5.74, 6) is 2.58. The van der Waals surface area contributed by atoms with Crippen molar-refractivity contribution in [2.24, 2.45) is 11.8 Å². The summed E-state index contributed by atoms with van der Waals surface area (Å²) < 4.78 is 0. The van der Waals surface area contributed by atoms with Gasteiger partial charge in [-0.15, -0.1) is 24.8 Å². The van der Waals surface area contributed by atoms with Gasteiger partial charge in [0.25, 0.3) is 5.91 Å². The molecule has 0 radical (unpaired) electrons. The summed E-state index contributed by atoms with van der Waals surface area (Å²) in [6.07, 6.45) is 6.44. The van der Waals surface area contributed by atoms with Gasteiger partial charge in [0.2, 0.25) is 0 Å². The molecule has 1 amide bonds. The lowest BCUT2D eigenvalue weighted by Gasteiger charge is -2.32. The van der Waals surface area contributed by atoms with Crippen molar-refractivity contribution in [1.29, 1.82) is 0 Å². The van der Waals surface area contributed by atoms with Crippen LogP contribution >= 0.6 is 24.8 Å². The highest BCUT2D eigenvalue weighted by molar-refractivity contribution is 5.95. The van der Waals surface area contributed by atoms with Crippen LogP contribution in [0.5, 0.6) is 0 Å². The van der Waals surface area contributed by atoms with Crippen LogP contribution in [0, 0.1) is 11.8 Å². The molecule has 26 heavy (non-hydrogen) atoms. The molecule has 2 aliphatic rings. The van der Waals surface area contributed by atoms with Gasteiger partial charge in [0.15, 0.2) is 0 Å². The molecule has 3 heterocycles. The lowest BCUT2D eigenvalue weighted by molar-refractivity contribution is 0.0687. The molecule has 2 aliphatic heterocycles. The van der Waals surface area contributed by atoms with Gasteiger partial charge in [0, 0.05) is 37.9 Å². The van der Waals surface area contributed by atoms with Crippen molar-refractivity contribution in [3.8, 4) is 0 Å². The van der Waals surface area contributed by atoms with E-state index in [1.54, 1.807) is 6.20 Å². The number of nitrogens with zero attached hydrogens (tertiary/aromatic N) is 3. The van der Waals surface area contributed by atoms with Crippen LogP contribution in [0.1, 0.15) is 43.0 Å². The highest BCUT2D eigenvalue weighted by Crippen LogP contribution is 2.24. The molecule has 7 heteroatoms. The fourth-order valence-corrected chi connectivity index (χ4v) is 3.82. The van der Waals surface area contributed by atoms with Crippen LogP contribution in [0.2, 0.25) is 0 Å². The maximum atomic E-state index is 12.8. The number of aromatic nitrogens is 1. The molecule has 1 atom stereocenters. The van der Waals surface area contributed by atoms with Crippen LogP contribution in [-0.4, -0.2) is 55.6 Å². The number of hydrogen-bond donors (Lipinski definition) is 1. The molecule has 1 aromatic heterocycles. The average Bonchev–Trinajstić information content (AvgIpc) is 3.06. The second-order valence-corrected chi connectivity index (χ2v) is 7.37. The Hall–Kier alpha value is -1.04. The van der Waals surface area contributed by atoms with E-state index in [-0.39, 0.29) is 30.7 Å². The van der Waals surface area contributed by atoms with Gasteiger partial charge >= 0.3 is 0 Å². The molecule has 0 aliphatic carbocycles. The number of pyridine rings is 1. The van der Waals surface area contributed by atoms with Crippen molar-refractivity contribution in [1.82, 2.24) is 15.2 Å². The third kappa shape index (κ3) is 5.73. The van der Waals surface area contributed by atoms with Crippen LogP contribution in [0.3, 0.4) is 0 Å². The van der Waals surface area contributed by atoms with Crippen LogP contribution in [0.4, 0.5) is 5.82 Å². The van der Waals surface area contributed by atoms with Crippen LogP contribution in [-0.2, 0) is 0 Å². The van der Waals surface area contributed by atoms with Gasteiger partial charge in [-0.1, -0.05) is 6.92 Å². The van der Waals surface area contributed by atoms with Crippen molar-refractivity contribution in [2.45, 2.75) is 32.6 Å². The predicted octanol–water partition coefficient (Wildman–Crippen LogP) is 3.23. The van der Waals surface area contributed by atoms with Crippen molar-refractivity contribution in [3.05, 3.63) is 23.9 Å². The molecular weight excluding hydrogens is 371 g/mol. The number of hydrogen-bond acceptors (Lipinski definition) is 4. The smallest absolute Gasteiger partial charge is 0.254 e. The molecule has 0 aromatic carbocycles. The number of nitrogens with one attached hydrogen (secondary N) is 1. The standard InChI is InChI=1S/C19H30N4O.2ClH/c1-15-5-10-23(14-15)18-13-17(4-9-21-18)19(24)22-11-6-16(7-12-22)3-8-20-2;;/h4,9,13,15-16,20H,3,5-8,10-12,14H2,1-2H3;2*1H. The fraction of sp³-hybridized carbons (Fsp3) is 0.684. The molecule has 0 saturated carbocycles. The highest BCUT2D eigenvalue weighted by atomic mass is 35.5. The van der Waals surface area contributed by atoms with E-state index < -0.39 is 0 Å². The van der Waals surface area contributed by atoms with Gasteiger partial charge in [-0.25, -0.2) is 4.98 Å². The summed E-state index contributed by atoms with van der Waals surface area (Å²) in [4.78, 5) is 21.6. The van der Waals surface area contributed by atoms with Crippen molar-refractivity contribution >= 4 is 36.5 Å². The second kappa shape index (κ2) is 11.0. The Morgan fingerprint density at radius 3 is 2.58 bits per heavy atom. The minimum atomic E-state index is 0. The third-order valence-electron chi connectivity index (χ3n) is 5.44.